The molecule has 0 atom stereocenters. The Morgan fingerprint density at radius 2 is 0.809 bits per heavy atom. The fraction of sp³-hybridized carbons (Fsp3) is 0.133. The van der Waals surface area contributed by atoms with Gasteiger partial charge in [-0.1, -0.05) is 205 Å². The molecule has 12 rings (SSSR count). The summed E-state index contributed by atoms with van der Waals surface area (Å²) >= 11 is 0. The van der Waals surface area contributed by atoms with Crippen molar-refractivity contribution in [3.05, 3.63) is 211 Å². The highest BCUT2D eigenvalue weighted by Crippen LogP contribution is 2.38. The van der Waals surface area contributed by atoms with Crippen LogP contribution in [0.15, 0.2) is 200 Å². The molecular weight excluding hydrogens is 847 g/mol. The quantitative estimate of drug-likeness (QED) is 0.118. The average molecular weight is 898 g/mol. The lowest BCUT2D eigenvalue weighted by Gasteiger charge is -2.34. The van der Waals surface area contributed by atoms with E-state index in [1.807, 2.05) is 6.07 Å². The zero-order valence-corrected chi connectivity index (χ0v) is 40.2. The summed E-state index contributed by atoms with van der Waals surface area (Å²) in [5.74, 6) is 2.34. The van der Waals surface area contributed by atoms with Gasteiger partial charge in [0.2, 0.25) is 17.7 Å². The summed E-state index contributed by atoms with van der Waals surface area (Å²) in [6.07, 6.45) is 0. The number of benzene rings is 8. The molecule has 0 fully saturated rings. The van der Waals surface area contributed by atoms with Crippen LogP contribution in [-0.4, -0.2) is 41.5 Å². The van der Waals surface area contributed by atoms with Crippen molar-refractivity contribution >= 4 is 78.5 Å². The highest BCUT2D eigenvalue weighted by molar-refractivity contribution is 7.19. The minimum atomic E-state index is -2.79. The van der Waals surface area contributed by atoms with Crippen LogP contribution in [0.25, 0.3) is 72.9 Å². The monoisotopic (exact) mass is 897 g/mol. The van der Waals surface area contributed by atoms with E-state index < -0.39 is 8.07 Å². The van der Waals surface area contributed by atoms with Crippen LogP contribution in [-0.2, 0) is 10.8 Å². The van der Waals surface area contributed by atoms with Crippen LogP contribution >= 0.6 is 0 Å². The lowest BCUT2D eigenvalue weighted by Crippen LogP contribution is -2.74. The molecule has 0 saturated heterocycles. The molecule has 0 amide bonds. The molecule has 0 saturated carbocycles. The van der Waals surface area contributed by atoms with Crippen molar-refractivity contribution in [1.29, 1.82) is 0 Å². The van der Waals surface area contributed by atoms with Crippen LogP contribution in [0.2, 0.25) is 0 Å². The molecule has 8 heteroatoms. The van der Waals surface area contributed by atoms with Gasteiger partial charge < -0.3 is 0 Å². The summed E-state index contributed by atoms with van der Waals surface area (Å²) in [5, 5.41) is 7.54. The number of nitrogens with zero attached hydrogens (tertiary/aromatic N) is 7. The zero-order valence-electron chi connectivity index (χ0n) is 39.2. The van der Waals surface area contributed by atoms with Crippen molar-refractivity contribution in [3.63, 3.8) is 0 Å². The lowest BCUT2D eigenvalue weighted by molar-refractivity contribution is 0.591. The van der Waals surface area contributed by atoms with E-state index in [4.69, 9.17) is 19.9 Å². The Bertz CT molecular complexity index is 3690. The molecular formula is C60H51N7Si. The summed E-state index contributed by atoms with van der Waals surface area (Å²) in [6, 6.07) is 72.6. The van der Waals surface area contributed by atoms with Crippen LogP contribution in [0.4, 0.5) is 0 Å². The normalized spacial score (nSPS) is 12.6. The Balaban J connectivity index is 1.15. The van der Waals surface area contributed by atoms with Crippen molar-refractivity contribution in [1.82, 2.24) is 33.5 Å². The number of hydrogen-bond acceptors (Lipinski definition) is 4. The second kappa shape index (κ2) is 15.6. The minimum Gasteiger partial charge on any atom is -0.278 e. The van der Waals surface area contributed by atoms with Crippen molar-refractivity contribution in [2.75, 3.05) is 0 Å². The molecule has 8 aromatic carbocycles. The summed E-state index contributed by atoms with van der Waals surface area (Å²) in [6.45, 7) is 13.6. The van der Waals surface area contributed by atoms with Gasteiger partial charge >= 0.3 is 0 Å². The highest BCUT2D eigenvalue weighted by atomic mass is 28.3. The van der Waals surface area contributed by atoms with Gasteiger partial charge in [-0.2, -0.15) is 15.0 Å². The number of hydrogen-bond donors (Lipinski definition) is 0. The summed E-state index contributed by atoms with van der Waals surface area (Å²) < 4.78 is 6.59. The maximum absolute atomic E-state index is 5.53. The molecule has 68 heavy (non-hydrogen) atoms. The maximum atomic E-state index is 5.53. The van der Waals surface area contributed by atoms with Crippen LogP contribution in [0.5, 0.6) is 0 Å². The molecule has 0 radical (unpaired) electrons. The third-order valence-corrected chi connectivity index (χ3v) is 18.6. The molecule has 4 heterocycles. The molecule has 0 unspecified atom stereocenters. The molecule has 7 nitrogen and oxygen atoms in total. The smallest absolute Gasteiger partial charge is 0.242 e. The third kappa shape index (κ3) is 6.54. The fourth-order valence-corrected chi connectivity index (χ4v) is 15.1. The van der Waals surface area contributed by atoms with Crippen molar-refractivity contribution in [2.24, 2.45) is 0 Å². The van der Waals surface area contributed by atoms with Crippen molar-refractivity contribution in [2.45, 2.75) is 52.4 Å². The second-order valence-electron chi connectivity index (χ2n) is 20.0. The van der Waals surface area contributed by atoms with Gasteiger partial charge in [0.15, 0.2) is 13.9 Å². The number of rotatable bonds is 7. The lowest BCUT2D eigenvalue weighted by atomic mass is 9.86. The van der Waals surface area contributed by atoms with Gasteiger partial charge in [0.05, 0.1) is 33.1 Å². The zero-order chi connectivity index (χ0) is 46.4. The van der Waals surface area contributed by atoms with E-state index in [1.54, 1.807) is 0 Å². The van der Waals surface area contributed by atoms with Crippen LogP contribution in [0, 0.1) is 0 Å². The van der Waals surface area contributed by atoms with E-state index >= 15 is 0 Å². The number of imidazole rings is 2. The average Bonchev–Trinajstić information content (AvgIpc) is 4.01. The Morgan fingerprint density at radius 1 is 0.368 bits per heavy atom. The predicted molar refractivity (Wildman–Crippen MR) is 284 cm³/mol. The van der Waals surface area contributed by atoms with Crippen molar-refractivity contribution < 1.29 is 0 Å². The largest absolute Gasteiger partial charge is 0.278 e. The molecule has 4 aromatic heterocycles. The van der Waals surface area contributed by atoms with Crippen LogP contribution in [0.1, 0.15) is 52.7 Å². The predicted octanol–water partition coefficient (Wildman–Crippen LogP) is 11.4. The molecule has 0 N–H and O–H groups in total. The number of para-hydroxylation sites is 4. The molecule has 330 valence electrons. The standard InChI is InChI=1S/C60H51N7Si/c1-59(2,3)41-32-36-47-48-37-33-42(60(4,5)6)39-54(48)65(53(47)38-41)56-62-55(63-57(64-56)67-52-29-19-18-28-51(52)66-50-27-17-16-26-49(50)61-58(66)67)40-30-34-46(35-31-40)68(43-20-10-7-11-21-43,44-22-12-8-13-23-44)45-24-14-9-15-25-45/h7-39H,1-6H3. The number of aromatic nitrogens is 7. The minimum absolute atomic E-state index is 0.0840. The Hall–Kier alpha value is -7.94. The SMILES string of the molecule is CC(C)(C)c1ccc2c3ccc(C(C)(C)C)cc3n(-c3nc(-c4ccc([Si](c5ccccc5)(c5ccccc5)c5ccccc5)cc4)nc(-n4c5ccccc5n5c6ccccc6nc45)n3)c2c1. The first-order valence-corrected chi connectivity index (χ1v) is 25.5. The van der Waals surface area contributed by atoms with Crippen LogP contribution < -0.4 is 20.7 Å². The first-order chi connectivity index (χ1) is 33.0. The van der Waals surface area contributed by atoms with E-state index in [1.165, 1.54) is 31.9 Å². The molecule has 0 spiro atoms. The van der Waals surface area contributed by atoms with Gasteiger partial charge in [0.25, 0.3) is 0 Å². The maximum Gasteiger partial charge on any atom is 0.242 e. The Morgan fingerprint density at radius 3 is 1.32 bits per heavy atom. The van der Waals surface area contributed by atoms with E-state index in [0.717, 1.165) is 55.2 Å². The van der Waals surface area contributed by atoms with E-state index in [2.05, 4.69) is 249 Å². The van der Waals surface area contributed by atoms with Gasteiger partial charge in [-0.3, -0.25) is 8.97 Å². The van der Waals surface area contributed by atoms with Gasteiger partial charge in [-0.25, -0.2) is 9.55 Å². The molecule has 0 aliphatic heterocycles. The first kappa shape index (κ1) is 41.5. The van der Waals surface area contributed by atoms with Gasteiger partial charge in [-0.15, -0.1) is 0 Å². The van der Waals surface area contributed by atoms with Gasteiger partial charge in [-0.05, 0) is 79.1 Å². The Labute approximate surface area is 397 Å². The van der Waals surface area contributed by atoms with Crippen LogP contribution in [0.3, 0.4) is 0 Å². The van der Waals surface area contributed by atoms with Gasteiger partial charge in [0.1, 0.15) is 0 Å². The van der Waals surface area contributed by atoms with E-state index in [-0.39, 0.29) is 10.8 Å². The fourth-order valence-electron chi connectivity index (χ4n) is 10.3. The highest BCUT2D eigenvalue weighted by Gasteiger charge is 2.41. The van der Waals surface area contributed by atoms with E-state index in [0.29, 0.717) is 17.7 Å². The second-order valence-corrected chi connectivity index (χ2v) is 23.9. The van der Waals surface area contributed by atoms with Crippen molar-refractivity contribution in [3.8, 4) is 23.3 Å². The number of fused-ring (bicyclic) bond motifs is 8. The summed E-state index contributed by atoms with van der Waals surface area (Å²) in [5.41, 5.74) is 9.21. The van der Waals surface area contributed by atoms with Gasteiger partial charge in [0, 0.05) is 16.3 Å². The molecule has 0 aliphatic rings. The summed E-state index contributed by atoms with van der Waals surface area (Å²) in [7, 11) is -2.79. The summed E-state index contributed by atoms with van der Waals surface area (Å²) in [4.78, 5) is 21.8. The molecule has 0 aliphatic carbocycles. The topological polar surface area (TPSA) is 65.8 Å². The molecule has 0 bridgehead atoms. The first-order valence-electron chi connectivity index (χ1n) is 23.5. The third-order valence-electron chi connectivity index (χ3n) is 13.8. The molecule has 12 aromatic rings. The Kier molecular flexibility index (Phi) is 9.50. The van der Waals surface area contributed by atoms with E-state index in [9.17, 15) is 0 Å².